The summed E-state index contributed by atoms with van der Waals surface area (Å²) < 4.78 is 58.4. The average Bonchev–Trinajstić information content (AvgIpc) is 2.80. The maximum Gasteiger partial charge on any atom is 0.227 e. The van der Waals surface area contributed by atoms with Crippen LogP contribution in [0, 0.1) is 11.6 Å². The molecular formula is C25H21F2N3O3S. The van der Waals surface area contributed by atoms with Crippen LogP contribution in [0.5, 0.6) is 5.75 Å². The topological polar surface area (TPSA) is 81.2 Å². The molecule has 0 spiro atoms. The number of ether oxygens (including phenoxy) is 1. The second-order valence-electron chi connectivity index (χ2n) is 7.58. The number of aromatic nitrogens is 2. The van der Waals surface area contributed by atoms with Crippen LogP contribution in [0.3, 0.4) is 0 Å². The Hall–Kier alpha value is -3.85. The Morgan fingerprint density at radius 3 is 2.41 bits per heavy atom. The minimum absolute atomic E-state index is 0.0593. The summed E-state index contributed by atoms with van der Waals surface area (Å²) in [7, 11) is -2.04. The van der Waals surface area contributed by atoms with Crippen molar-refractivity contribution in [1.82, 2.24) is 9.97 Å². The second kappa shape index (κ2) is 9.96. The van der Waals surface area contributed by atoms with E-state index in [-0.39, 0.29) is 34.5 Å². The Morgan fingerprint density at radius 2 is 1.65 bits per heavy atom. The summed E-state index contributed by atoms with van der Waals surface area (Å²) in [6.07, 6.45) is 1.00. The fourth-order valence-electron chi connectivity index (χ4n) is 3.48. The zero-order chi connectivity index (χ0) is 24.1. The van der Waals surface area contributed by atoms with Crippen LogP contribution < -0.4 is 10.1 Å². The highest BCUT2D eigenvalue weighted by Crippen LogP contribution is 2.31. The van der Waals surface area contributed by atoms with E-state index in [1.54, 1.807) is 48.5 Å². The molecular weight excluding hydrogens is 460 g/mol. The highest BCUT2D eigenvalue weighted by Gasteiger charge is 2.16. The molecule has 34 heavy (non-hydrogen) atoms. The van der Waals surface area contributed by atoms with Gasteiger partial charge in [0, 0.05) is 17.3 Å². The third-order valence-electron chi connectivity index (χ3n) is 4.96. The zero-order valence-electron chi connectivity index (χ0n) is 18.2. The average molecular weight is 482 g/mol. The Kier molecular flexibility index (Phi) is 6.83. The lowest BCUT2D eigenvalue weighted by molar-refractivity contribution is 0.412. The first kappa shape index (κ1) is 23.3. The number of halogens is 2. The molecule has 1 heterocycles. The number of benzene rings is 3. The van der Waals surface area contributed by atoms with E-state index in [1.165, 1.54) is 19.2 Å². The van der Waals surface area contributed by atoms with Crippen molar-refractivity contribution in [3.05, 3.63) is 102 Å². The number of hydrogen-bond acceptors (Lipinski definition) is 6. The lowest BCUT2D eigenvalue weighted by Crippen LogP contribution is -2.08. The molecule has 3 aromatic carbocycles. The molecule has 4 rings (SSSR count). The highest BCUT2D eigenvalue weighted by atomic mass is 32.2. The molecule has 0 saturated heterocycles. The van der Waals surface area contributed by atoms with Crippen molar-refractivity contribution < 1.29 is 21.9 Å². The van der Waals surface area contributed by atoms with Crippen molar-refractivity contribution in [1.29, 1.82) is 0 Å². The molecule has 9 heteroatoms. The van der Waals surface area contributed by atoms with Crippen LogP contribution in [0.2, 0.25) is 0 Å². The van der Waals surface area contributed by atoms with Gasteiger partial charge in [-0.15, -0.1) is 0 Å². The van der Waals surface area contributed by atoms with Gasteiger partial charge in [-0.25, -0.2) is 27.2 Å². The molecule has 0 radical (unpaired) electrons. The molecule has 0 saturated carbocycles. The van der Waals surface area contributed by atoms with Gasteiger partial charge in [-0.05, 0) is 35.4 Å². The standard InChI is InChI=1S/C25H21F2N3O3S/c1-33-23-13-19(26)10-11-21(23)24-22(27)14-28-25(30-24)29-20-9-5-8-18(12-20)16-34(31,32)15-17-6-3-2-4-7-17/h2-14H,15-16H2,1H3,(H,28,29,30). The van der Waals surface area contributed by atoms with Crippen LogP contribution in [0.15, 0.2) is 79.0 Å². The summed E-state index contributed by atoms with van der Waals surface area (Å²) in [5.74, 6) is -1.19. The van der Waals surface area contributed by atoms with E-state index in [4.69, 9.17) is 4.74 Å². The zero-order valence-corrected chi connectivity index (χ0v) is 19.0. The van der Waals surface area contributed by atoms with Crippen molar-refractivity contribution in [3.63, 3.8) is 0 Å². The molecule has 6 nitrogen and oxygen atoms in total. The molecule has 0 bridgehead atoms. The van der Waals surface area contributed by atoms with E-state index < -0.39 is 21.5 Å². The van der Waals surface area contributed by atoms with Crippen molar-refractivity contribution in [3.8, 4) is 17.0 Å². The number of rotatable bonds is 8. The second-order valence-corrected chi connectivity index (χ2v) is 9.64. The van der Waals surface area contributed by atoms with Gasteiger partial charge in [-0.2, -0.15) is 0 Å². The van der Waals surface area contributed by atoms with Crippen LogP contribution in [0.25, 0.3) is 11.3 Å². The molecule has 4 aromatic rings. The Labute approximate surface area is 196 Å². The van der Waals surface area contributed by atoms with Crippen LogP contribution >= 0.6 is 0 Å². The summed E-state index contributed by atoms with van der Waals surface area (Å²) in [6.45, 7) is 0. The van der Waals surface area contributed by atoms with Gasteiger partial charge in [-0.3, -0.25) is 0 Å². The fourth-order valence-corrected chi connectivity index (χ4v) is 4.97. The first-order valence-electron chi connectivity index (χ1n) is 10.3. The normalized spacial score (nSPS) is 11.3. The Morgan fingerprint density at radius 1 is 0.912 bits per heavy atom. The molecule has 1 aromatic heterocycles. The lowest BCUT2D eigenvalue weighted by atomic mass is 10.1. The van der Waals surface area contributed by atoms with E-state index in [1.807, 2.05) is 6.07 Å². The van der Waals surface area contributed by atoms with E-state index >= 15 is 0 Å². The fraction of sp³-hybridized carbons (Fsp3) is 0.120. The Balaban J connectivity index is 1.55. The number of hydrogen-bond donors (Lipinski definition) is 1. The van der Waals surface area contributed by atoms with E-state index in [2.05, 4.69) is 15.3 Å². The molecule has 0 aliphatic carbocycles. The molecule has 0 aliphatic rings. The van der Waals surface area contributed by atoms with Gasteiger partial charge < -0.3 is 10.1 Å². The van der Waals surface area contributed by atoms with Crippen LogP contribution in [0.4, 0.5) is 20.4 Å². The molecule has 0 aliphatic heterocycles. The van der Waals surface area contributed by atoms with Crippen molar-refractivity contribution >= 4 is 21.5 Å². The third kappa shape index (κ3) is 5.74. The quantitative estimate of drug-likeness (QED) is 0.368. The number of anilines is 2. The molecule has 0 fully saturated rings. The molecule has 0 atom stereocenters. The number of nitrogens with zero attached hydrogens (tertiary/aromatic N) is 2. The number of sulfone groups is 1. The predicted octanol–water partition coefficient (Wildman–Crippen LogP) is 5.29. The minimum atomic E-state index is -3.39. The van der Waals surface area contributed by atoms with Crippen LogP contribution in [0.1, 0.15) is 11.1 Å². The summed E-state index contributed by atoms with van der Waals surface area (Å²) >= 11 is 0. The smallest absolute Gasteiger partial charge is 0.227 e. The van der Waals surface area contributed by atoms with Gasteiger partial charge in [0.2, 0.25) is 5.95 Å². The van der Waals surface area contributed by atoms with Gasteiger partial charge in [0.15, 0.2) is 15.7 Å². The number of nitrogens with one attached hydrogen (secondary N) is 1. The third-order valence-corrected chi connectivity index (χ3v) is 6.51. The monoisotopic (exact) mass is 481 g/mol. The summed E-state index contributed by atoms with van der Waals surface area (Å²) in [6, 6.07) is 19.5. The maximum absolute atomic E-state index is 14.5. The summed E-state index contributed by atoms with van der Waals surface area (Å²) in [5.41, 5.74) is 2.06. The van der Waals surface area contributed by atoms with Gasteiger partial charge >= 0.3 is 0 Å². The van der Waals surface area contributed by atoms with Gasteiger partial charge in [0.25, 0.3) is 0 Å². The molecule has 174 valence electrons. The van der Waals surface area contributed by atoms with Crippen LogP contribution in [-0.2, 0) is 21.3 Å². The van der Waals surface area contributed by atoms with Crippen molar-refractivity contribution in [2.75, 3.05) is 12.4 Å². The molecule has 0 amide bonds. The number of methoxy groups -OCH3 is 1. The largest absolute Gasteiger partial charge is 0.496 e. The van der Waals surface area contributed by atoms with Gasteiger partial charge in [0.05, 0.1) is 24.8 Å². The van der Waals surface area contributed by atoms with E-state index in [0.29, 0.717) is 11.3 Å². The van der Waals surface area contributed by atoms with Crippen molar-refractivity contribution in [2.24, 2.45) is 0 Å². The lowest BCUT2D eigenvalue weighted by Gasteiger charge is -2.11. The Bertz CT molecular complexity index is 1410. The first-order valence-corrected chi connectivity index (χ1v) is 12.1. The minimum Gasteiger partial charge on any atom is -0.496 e. The molecule has 1 N–H and O–H groups in total. The molecule has 0 unspecified atom stereocenters. The highest BCUT2D eigenvalue weighted by molar-refractivity contribution is 7.89. The van der Waals surface area contributed by atoms with Gasteiger partial charge in [-0.1, -0.05) is 42.5 Å². The van der Waals surface area contributed by atoms with Gasteiger partial charge in [0.1, 0.15) is 17.3 Å². The predicted molar refractivity (Wildman–Crippen MR) is 126 cm³/mol. The van der Waals surface area contributed by atoms with Crippen molar-refractivity contribution in [2.45, 2.75) is 11.5 Å². The summed E-state index contributed by atoms with van der Waals surface area (Å²) in [5, 5.41) is 2.97. The van der Waals surface area contributed by atoms with E-state index in [9.17, 15) is 17.2 Å². The SMILES string of the molecule is COc1cc(F)ccc1-c1nc(Nc2cccc(CS(=O)(=O)Cc3ccccc3)c2)ncc1F. The van der Waals surface area contributed by atoms with Crippen LogP contribution in [-0.4, -0.2) is 25.5 Å². The maximum atomic E-state index is 14.5. The summed E-state index contributed by atoms with van der Waals surface area (Å²) in [4.78, 5) is 8.18. The van der Waals surface area contributed by atoms with E-state index in [0.717, 1.165) is 17.8 Å². The first-order chi connectivity index (χ1) is 16.3.